The lowest BCUT2D eigenvalue weighted by Crippen LogP contribution is -2.41. The van der Waals surface area contributed by atoms with E-state index >= 15 is 0 Å². The van der Waals surface area contributed by atoms with Gasteiger partial charge in [-0.25, -0.2) is 4.39 Å². The molecule has 3 aromatic carbocycles. The van der Waals surface area contributed by atoms with Crippen LogP contribution in [0.15, 0.2) is 66.7 Å². The Balaban J connectivity index is 1.35. The second kappa shape index (κ2) is 10.1. The maximum absolute atomic E-state index is 13.2. The molecule has 3 aromatic rings. The number of nitrogens with one attached hydrogen (secondary N) is 1. The fraction of sp³-hybridized carbons (Fsp3) is 0.333. The minimum absolute atomic E-state index is 0.142. The van der Waals surface area contributed by atoms with Gasteiger partial charge in [0.25, 0.3) is 5.91 Å². The summed E-state index contributed by atoms with van der Waals surface area (Å²) in [5.74, 6) is 0.402. The van der Waals surface area contributed by atoms with E-state index in [1.807, 2.05) is 23.1 Å². The van der Waals surface area contributed by atoms with Gasteiger partial charge in [0.05, 0.1) is 6.04 Å². The van der Waals surface area contributed by atoms with Gasteiger partial charge in [-0.1, -0.05) is 48.0 Å². The molecule has 0 bridgehead atoms. The predicted molar refractivity (Wildman–Crippen MR) is 136 cm³/mol. The van der Waals surface area contributed by atoms with Crippen molar-refractivity contribution in [1.82, 2.24) is 10.2 Å². The normalized spacial score (nSPS) is 17.8. The van der Waals surface area contributed by atoms with E-state index in [-0.39, 0.29) is 29.6 Å². The van der Waals surface area contributed by atoms with Crippen LogP contribution in [-0.2, 0) is 22.6 Å². The fourth-order valence-corrected chi connectivity index (χ4v) is 4.77. The molecule has 6 heteroatoms. The minimum atomic E-state index is -0.714. The van der Waals surface area contributed by atoms with E-state index < -0.39 is 6.10 Å². The topological polar surface area (TPSA) is 58.6 Å². The quantitative estimate of drug-likeness (QED) is 0.505. The van der Waals surface area contributed by atoms with Crippen molar-refractivity contribution in [2.75, 3.05) is 6.54 Å². The average Bonchev–Trinajstić information content (AvgIpc) is 3.73. The van der Waals surface area contributed by atoms with Gasteiger partial charge in [-0.2, -0.15) is 0 Å². The first-order valence-corrected chi connectivity index (χ1v) is 12.6. The Morgan fingerprint density at radius 1 is 1.06 bits per heavy atom. The molecule has 186 valence electrons. The number of fused-ring (bicyclic) bond motifs is 1. The van der Waals surface area contributed by atoms with Crippen LogP contribution in [-0.4, -0.2) is 29.4 Å². The summed E-state index contributed by atoms with van der Waals surface area (Å²) in [6.07, 6.45) is 2.02. The first-order chi connectivity index (χ1) is 17.4. The highest BCUT2D eigenvalue weighted by atomic mass is 19.1. The summed E-state index contributed by atoms with van der Waals surface area (Å²) in [7, 11) is 0. The summed E-state index contributed by atoms with van der Waals surface area (Å²) >= 11 is 0. The summed E-state index contributed by atoms with van der Waals surface area (Å²) < 4.78 is 19.1. The van der Waals surface area contributed by atoms with Crippen molar-refractivity contribution >= 4 is 11.8 Å². The van der Waals surface area contributed by atoms with Crippen LogP contribution < -0.4 is 10.1 Å². The molecule has 0 aromatic heterocycles. The van der Waals surface area contributed by atoms with Crippen molar-refractivity contribution < 1.29 is 18.7 Å². The number of carbonyl (C=O) groups is 2. The monoisotopic (exact) mass is 486 g/mol. The van der Waals surface area contributed by atoms with Gasteiger partial charge in [0.15, 0.2) is 6.10 Å². The van der Waals surface area contributed by atoms with Crippen molar-refractivity contribution in [2.24, 2.45) is 5.92 Å². The molecule has 5 nitrogen and oxygen atoms in total. The first-order valence-electron chi connectivity index (χ1n) is 12.6. The second-order valence-electron chi connectivity index (χ2n) is 9.83. The number of nitrogens with zero attached hydrogens (tertiary/aromatic N) is 1. The van der Waals surface area contributed by atoms with Crippen molar-refractivity contribution in [3.8, 4) is 5.75 Å². The number of benzene rings is 3. The molecule has 36 heavy (non-hydrogen) atoms. The predicted octanol–water partition coefficient (Wildman–Crippen LogP) is 5.10. The van der Waals surface area contributed by atoms with Crippen LogP contribution in [0.2, 0.25) is 0 Å². The number of carbonyl (C=O) groups excluding carboxylic acids is 2. The van der Waals surface area contributed by atoms with Crippen LogP contribution in [0.4, 0.5) is 4.39 Å². The van der Waals surface area contributed by atoms with Gasteiger partial charge in [-0.05, 0) is 79.6 Å². The zero-order valence-corrected chi connectivity index (χ0v) is 20.7. The molecular formula is C30H31FN2O3. The van der Waals surface area contributed by atoms with Crippen LogP contribution in [0, 0.1) is 18.7 Å². The smallest absolute Gasteiger partial charge is 0.261 e. The summed E-state index contributed by atoms with van der Waals surface area (Å²) in [5, 5.41) is 2.84. The van der Waals surface area contributed by atoms with Crippen molar-refractivity contribution in [3.05, 3.63) is 100 Å². The van der Waals surface area contributed by atoms with Crippen molar-refractivity contribution in [2.45, 2.75) is 51.8 Å². The van der Waals surface area contributed by atoms with E-state index in [9.17, 15) is 14.0 Å². The lowest BCUT2D eigenvalue weighted by atomic mass is 9.87. The average molecular weight is 487 g/mol. The maximum atomic E-state index is 13.2. The number of rotatable bonds is 7. The van der Waals surface area contributed by atoms with Crippen LogP contribution in [0.5, 0.6) is 5.75 Å². The zero-order valence-electron chi connectivity index (χ0n) is 20.7. The number of hydrogen-bond donors (Lipinski definition) is 1. The molecule has 1 aliphatic heterocycles. The van der Waals surface area contributed by atoms with Crippen molar-refractivity contribution in [3.63, 3.8) is 0 Å². The third-order valence-corrected chi connectivity index (χ3v) is 7.01. The van der Waals surface area contributed by atoms with Gasteiger partial charge in [-0.3, -0.25) is 9.59 Å². The van der Waals surface area contributed by atoms with E-state index in [0.29, 0.717) is 18.8 Å². The highest BCUT2D eigenvalue weighted by molar-refractivity contribution is 5.82. The van der Waals surface area contributed by atoms with Gasteiger partial charge in [0.1, 0.15) is 11.6 Å². The van der Waals surface area contributed by atoms with Gasteiger partial charge in [0.2, 0.25) is 5.91 Å². The van der Waals surface area contributed by atoms with Crippen molar-refractivity contribution in [1.29, 1.82) is 0 Å². The molecule has 1 heterocycles. The summed E-state index contributed by atoms with van der Waals surface area (Å²) in [6.45, 7) is 4.76. The highest BCUT2D eigenvalue weighted by Crippen LogP contribution is 2.41. The van der Waals surface area contributed by atoms with Crippen LogP contribution >= 0.6 is 0 Å². The third-order valence-electron chi connectivity index (χ3n) is 7.01. The Labute approximate surface area is 211 Å². The number of amides is 2. The SMILES string of the molecule is Cc1ccc([C@H]2c3cc(O[C@H](C)C(=O)NCc4ccc(F)cc4)ccc3CCN2C(=O)C2CC2)cc1. The first kappa shape index (κ1) is 24.0. The van der Waals surface area contributed by atoms with Crippen LogP contribution in [0.1, 0.15) is 53.6 Å². The molecule has 2 amide bonds. The minimum Gasteiger partial charge on any atom is -0.481 e. The Hall–Kier alpha value is -3.67. The van der Waals surface area contributed by atoms with E-state index in [2.05, 4.69) is 36.5 Å². The fourth-order valence-electron chi connectivity index (χ4n) is 4.77. The molecule has 0 spiro atoms. The highest BCUT2D eigenvalue weighted by Gasteiger charge is 2.39. The summed E-state index contributed by atoms with van der Waals surface area (Å²) in [4.78, 5) is 27.9. The van der Waals surface area contributed by atoms with E-state index in [4.69, 9.17) is 4.74 Å². The maximum Gasteiger partial charge on any atom is 0.261 e. The Bertz CT molecular complexity index is 1250. The third kappa shape index (κ3) is 5.27. The number of aryl methyl sites for hydroxylation is 1. The number of halogens is 1. The number of hydrogen-bond acceptors (Lipinski definition) is 3. The van der Waals surface area contributed by atoms with Gasteiger partial charge in [0, 0.05) is 19.0 Å². The van der Waals surface area contributed by atoms with E-state index in [1.54, 1.807) is 19.1 Å². The van der Waals surface area contributed by atoms with Gasteiger partial charge in [-0.15, -0.1) is 0 Å². The van der Waals surface area contributed by atoms with Crippen LogP contribution in [0.25, 0.3) is 0 Å². The molecule has 5 rings (SSSR count). The molecule has 2 atom stereocenters. The Kier molecular flexibility index (Phi) is 6.77. The van der Waals surface area contributed by atoms with E-state index in [1.165, 1.54) is 23.3 Å². The number of ether oxygens (including phenoxy) is 1. The lowest BCUT2D eigenvalue weighted by Gasteiger charge is -2.38. The molecule has 1 fully saturated rings. The second-order valence-corrected chi connectivity index (χ2v) is 9.83. The Morgan fingerprint density at radius 3 is 2.47 bits per heavy atom. The van der Waals surface area contributed by atoms with Gasteiger partial charge < -0.3 is 15.0 Å². The molecule has 1 saturated carbocycles. The standard InChI is InChI=1S/C30H31FN2O3/c1-19-3-7-23(8-4-19)28-27-17-26(14-11-22(27)15-16-33(28)30(35)24-9-10-24)36-20(2)29(34)32-18-21-5-12-25(31)13-6-21/h3-8,11-14,17,20,24,28H,9-10,15-16,18H2,1-2H3,(H,32,34)/t20-,28+/m1/s1. The summed E-state index contributed by atoms with van der Waals surface area (Å²) in [6, 6.07) is 20.1. The largest absolute Gasteiger partial charge is 0.481 e. The molecule has 1 N–H and O–H groups in total. The molecular weight excluding hydrogens is 455 g/mol. The molecule has 2 aliphatic rings. The van der Waals surface area contributed by atoms with Crippen LogP contribution in [0.3, 0.4) is 0 Å². The molecule has 0 unspecified atom stereocenters. The zero-order chi connectivity index (χ0) is 25.2. The van der Waals surface area contributed by atoms with Gasteiger partial charge >= 0.3 is 0 Å². The molecule has 1 aliphatic carbocycles. The summed E-state index contributed by atoms with van der Waals surface area (Å²) in [5.41, 5.74) is 5.31. The molecule has 0 radical (unpaired) electrons. The lowest BCUT2D eigenvalue weighted by molar-refractivity contribution is -0.134. The Morgan fingerprint density at radius 2 is 1.78 bits per heavy atom. The van der Waals surface area contributed by atoms with E-state index in [0.717, 1.165) is 36.0 Å². The molecule has 0 saturated heterocycles.